The Bertz CT molecular complexity index is 879. The van der Waals surface area contributed by atoms with E-state index in [-0.39, 0.29) is 5.91 Å². The maximum atomic E-state index is 12.5. The quantitative estimate of drug-likeness (QED) is 0.669. The molecule has 3 rings (SSSR count). The number of para-hydroxylation sites is 1. The largest absolute Gasteiger partial charge is 0.460 e. The van der Waals surface area contributed by atoms with Crippen LogP contribution in [-0.4, -0.2) is 26.3 Å². The van der Waals surface area contributed by atoms with Crippen LogP contribution in [-0.2, 0) is 11.3 Å². The summed E-state index contributed by atoms with van der Waals surface area (Å²) in [5.74, 6) is 0.133. The number of benzene rings is 1. The van der Waals surface area contributed by atoms with Crippen LogP contribution in [0.25, 0.3) is 5.69 Å². The Morgan fingerprint density at radius 1 is 1.19 bits per heavy atom. The highest BCUT2D eigenvalue weighted by molar-refractivity contribution is 9.10. The van der Waals surface area contributed by atoms with E-state index < -0.39 is 5.60 Å². The first-order valence-electron chi connectivity index (χ1n) is 8.12. The Morgan fingerprint density at radius 2 is 1.88 bits per heavy atom. The van der Waals surface area contributed by atoms with E-state index in [4.69, 9.17) is 4.74 Å². The molecule has 1 N–H and O–H groups in total. The number of pyridine rings is 1. The molecular formula is C19H19BrN4O2. The molecule has 0 aliphatic rings. The summed E-state index contributed by atoms with van der Waals surface area (Å²) >= 11 is 3.44. The molecule has 2 heterocycles. The molecule has 26 heavy (non-hydrogen) atoms. The SMILES string of the molecule is CC(C)(Oc1nn(-c2ccccc2)cc1Br)C(=O)NCc1ccncc1. The molecule has 1 amide bonds. The second kappa shape index (κ2) is 7.70. The van der Waals surface area contributed by atoms with Gasteiger partial charge in [0.1, 0.15) is 0 Å². The van der Waals surface area contributed by atoms with Gasteiger partial charge in [-0.1, -0.05) is 18.2 Å². The van der Waals surface area contributed by atoms with Crippen molar-refractivity contribution in [1.29, 1.82) is 0 Å². The van der Waals surface area contributed by atoms with Gasteiger partial charge < -0.3 is 10.1 Å². The summed E-state index contributed by atoms with van der Waals surface area (Å²) in [6.45, 7) is 3.83. The summed E-state index contributed by atoms with van der Waals surface area (Å²) in [4.78, 5) is 16.5. The highest BCUT2D eigenvalue weighted by Crippen LogP contribution is 2.28. The predicted molar refractivity (Wildman–Crippen MR) is 102 cm³/mol. The smallest absolute Gasteiger partial charge is 0.263 e. The zero-order chi connectivity index (χ0) is 18.6. The predicted octanol–water partition coefficient (Wildman–Crippen LogP) is 3.50. The van der Waals surface area contributed by atoms with Crippen LogP contribution in [0.1, 0.15) is 19.4 Å². The van der Waals surface area contributed by atoms with Crippen molar-refractivity contribution in [3.05, 3.63) is 71.1 Å². The fourth-order valence-corrected chi connectivity index (χ4v) is 2.66. The third-order valence-corrected chi connectivity index (χ3v) is 4.30. The van der Waals surface area contributed by atoms with Crippen LogP contribution >= 0.6 is 15.9 Å². The maximum Gasteiger partial charge on any atom is 0.263 e. The topological polar surface area (TPSA) is 69.0 Å². The van der Waals surface area contributed by atoms with Gasteiger partial charge >= 0.3 is 0 Å². The lowest BCUT2D eigenvalue weighted by Gasteiger charge is -2.24. The molecular weight excluding hydrogens is 396 g/mol. The minimum absolute atomic E-state index is 0.226. The van der Waals surface area contributed by atoms with Gasteiger partial charge in [-0.3, -0.25) is 9.78 Å². The van der Waals surface area contributed by atoms with E-state index in [0.29, 0.717) is 16.9 Å². The van der Waals surface area contributed by atoms with Crippen molar-refractivity contribution in [1.82, 2.24) is 20.1 Å². The molecule has 0 radical (unpaired) electrons. The average molecular weight is 415 g/mol. The Morgan fingerprint density at radius 3 is 2.58 bits per heavy atom. The van der Waals surface area contributed by atoms with Crippen LogP contribution in [0, 0.1) is 0 Å². The third kappa shape index (κ3) is 4.29. The summed E-state index contributed by atoms with van der Waals surface area (Å²) in [6, 6.07) is 13.4. The van der Waals surface area contributed by atoms with Crippen molar-refractivity contribution in [2.75, 3.05) is 0 Å². The van der Waals surface area contributed by atoms with Crippen LogP contribution < -0.4 is 10.1 Å². The molecule has 3 aromatic rings. The second-order valence-corrected chi connectivity index (χ2v) is 7.07. The fourth-order valence-electron chi connectivity index (χ4n) is 2.30. The first kappa shape index (κ1) is 18.1. The number of nitrogens with one attached hydrogen (secondary N) is 1. The number of hydrogen-bond acceptors (Lipinski definition) is 4. The summed E-state index contributed by atoms with van der Waals surface area (Å²) < 4.78 is 8.26. The van der Waals surface area contributed by atoms with Gasteiger partial charge in [0.25, 0.3) is 5.91 Å². The molecule has 0 atom stereocenters. The van der Waals surface area contributed by atoms with Crippen LogP contribution in [0.4, 0.5) is 0 Å². The Kier molecular flexibility index (Phi) is 5.37. The molecule has 7 heteroatoms. The second-order valence-electron chi connectivity index (χ2n) is 6.21. The number of nitrogens with zero attached hydrogens (tertiary/aromatic N) is 3. The minimum atomic E-state index is -1.08. The number of ether oxygens (including phenoxy) is 1. The minimum Gasteiger partial charge on any atom is -0.460 e. The van der Waals surface area contributed by atoms with Crippen LogP contribution in [0.2, 0.25) is 0 Å². The van der Waals surface area contributed by atoms with Crippen molar-refractivity contribution < 1.29 is 9.53 Å². The van der Waals surface area contributed by atoms with E-state index in [9.17, 15) is 4.79 Å². The van der Waals surface area contributed by atoms with Crippen LogP contribution in [0.3, 0.4) is 0 Å². The van der Waals surface area contributed by atoms with Crippen molar-refractivity contribution in [3.63, 3.8) is 0 Å². The van der Waals surface area contributed by atoms with Crippen LogP contribution in [0.5, 0.6) is 5.88 Å². The summed E-state index contributed by atoms with van der Waals surface area (Å²) in [6.07, 6.45) is 5.18. The van der Waals surface area contributed by atoms with Gasteiger partial charge in [-0.2, -0.15) is 0 Å². The van der Waals surface area contributed by atoms with Crippen molar-refractivity contribution >= 4 is 21.8 Å². The van der Waals surface area contributed by atoms with Gasteiger partial charge in [-0.25, -0.2) is 4.68 Å². The molecule has 0 bridgehead atoms. The molecule has 0 aliphatic heterocycles. The number of carbonyl (C=O) groups is 1. The molecule has 0 spiro atoms. The molecule has 0 unspecified atom stereocenters. The zero-order valence-corrected chi connectivity index (χ0v) is 16.1. The van der Waals surface area contributed by atoms with E-state index in [0.717, 1.165) is 11.3 Å². The monoisotopic (exact) mass is 414 g/mol. The zero-order valence-electron chi connectivity index (χ0n) is 14.5. The molecule has 0 saturated carbocycles. The van der Waals surface area contributed by atoms with Gasteiger partial charge in [0.2, 0.25) is 5.88 Å². The Balaban J connectivity index is 1.69. The summed E-state index contributed by atoms with van der Waals surface area (Å²) in [7, 11) is 0. The lowest BCUT2D eigenvalue weighted by atomic mass is 10.1. The van der Waals surface area contributed by atoms with E-state index in [1.165, 1.54) is 0 Å². The Hall–Kier alpha value is -2.67. The lowest BCUT2D eigenvalue weighted by molar-refractivity contribution is -0.134. The fraction of sp³-hybridized carbons (Fsp3) is 0.211. The van der Waals surface area contributed by atoms with Gasteiger partial charge in [-0.05, 0) is 59.6 Å². The number of halogens is 1. The number of amides is 1. The maximum absolute atomic E-state index is 12.5. The molecule has 0 fully saturated rings. The van der Waals surface area contributed by atoms with Crippen molar-refractivity contribution in [2.24, 2.45) is 0 Å². The highest BCUT2D eigenvalue weighted by atomic mass is 79.9. The number of aromatic nitrogens is 3. The number of rotatable bonds is 6. The Labute approximate surface area is 160 Å². The van der Waals surface area contributed by atoms with Gasteiger partial charge in [0.05, 0.1) is 10.2 Å². The summed E-state index contributed by atoms with van der Waals surface area (Å²) in [5.41, 5.74) is 0.799. The van der Waals surface area contributed by atoms with E-state index >= 15 is 0 Å². The molecule has 0 aliphatic carbocycles. The molecule has 0 saturated heterocycles. The first-order valence-corrected chi connectivity index (χ1v) is 8.92. The van der Waals surface area contributed by atoms with Gasteiger partial charge in [0.15, 0.2) is 5.60 Å². The average Bonchev–Trinajstić information content (AvgIpc) is 3.01. The van der Waals surface area contributed by atoms with Crippen molar-refractivity contribution in [3.8, 4) is 11.6 Å². The molecule has 1 aromatic carbocycles. The van der Waals surface area contributed by atoms with Gasteiger partial charge in [0, 0.05) is 25.1 Å². The van der Waals surface area contributed by atoms with E-state index in [1.807, 2.05) is 42.5 Å². The molecule has 134 valence electrons. The standard InChI is InChI=1S/C19H19BrN4O2/c1-19(2,18(25)22-12-14-8-10-21-11-9-14)26-17-16(20)13-24(23-17)15-6-4-3-5-7-15/h3-11,13H,12H2,1-2H3,(H,22,25). The molecule has 6 nitrogen and oxygen atoms in total. The van der Waals surface area contributed by atoms with Gasteiger partial charge in [-0.15, -0.1) is 5.10 Å². The normalized spacial score (nSPS) is 11.2. The van der Waals surface area contributed by atoms with E-state index in [1.54, 1.807) is 37.1 Å². The molecule has 2 aromatic heterocycles. The lowest BCUT2D eigenvalue weighted by Crippen LogP contribution is -2.46. The van der Waals surface area contributed by atoms with Crippen molar-refractivity contribution in [2.45, 2.75) is 26.0 Å². The third-order valence-electron chi connectivity index (χ3n) is 3.76. The van der Waals surface area contributed by atoms with E-state index in [2.05, 4.69) is 31.3 Å². The summed E-state index contributed by atoms with van der Waals surface area (Å²) in [5, 5.41) is 7.30. The first-order chi connectivity index (χ1) is 12.5. The number of carbonyl (C=O) groups excluding carboxylic acids is 1. The highest BCUT2D eigenvalue weighted by Gasteiger charge is 2.31. The number of hydrogen-bond donors (Lipinski definition) is 1. The van der Waals surface area contributed by atoms with Crippen LogP contribution in [0.15, 0.2) is 65.5 Å².